The minimum absolute atomic E-state index is 0.0682. The molecule has 0 spiro atoms. The van der Waals surface area contributed by atoms with Crippen molar-refractivity contribution < 1.29 is 13.9 Å². The van der Waals surface area contributed by atoms with Gasteiger partial charge in [0.25, 0.3) is 5.91 Å². The lowest BCUT2D eigenvalue weighted by Gasteiger charge is -2.14. The zero-order chi connectivity index (χ0) is 16.8. The number of carbonyl (C=O) groups excluding carboxylic acids is 1. The Morgan fingerprint density at radius 1 is 1.22 bits per heavy atom. The van der Waals surface area contributed by atoms with Crippen molar-refractivity contribution in [3.63, 3.8) is 0 Å². The van der Waals surface area contributed by atoms with Gasteiger partial charge in [-0.25, -0.2) is 4.39 Å². The van der Waals surface area contributed by atoms with Gasteiger partial charge in [-0.15, -0.1) is 0 Å². The van der Waals surface area contributed by atoms with Gasteiger partial charge in [0, 0.05) is 11.6 Å². The van der Waals surface area contributed by atoms with Crippen LogP contribution in [0.25, 0.3) is 0 Å². The molecule has 122 valence electrons. The number of hydrogen-bond acceptors (Lipinski definition) is 2. The van der Waals surface area contributed by atoms with Crippen LogP contribution in [0.1, 0.15) is 18.4 Å². The van der Waals surface area contributed by atoms with Crippen molar-refractivity contribution in [3.05, 3.63) is 63.9 Å². The summed E-state index contributed by atoms with van der Waals surface area (Å²) in [6, 6.07) is 11.0. The van der Waals surface area contributed by atoms with E-state index in [9.17, 15) is 9.18 Å². The summed E-state index contributed by atoms with van der Waals surface area (Å²) in [4.78, 5) is 11.8. The molecule has 0 heterocycles. The van der Waals surface area contributed by atoms with Crippen LogP contribution in [0.5, 0.6) is 5.75 Å². The van der Waals surface area contributed by atoms with Crippen LogP contribution in [0.15, 0.2) is 42.5 Å². The van der Waals surface area contributed by atoms with Crippen molar-refractivity contribution in [1.82, 2.24) is 5.32 Å². The number of amides is 1. The van der Waals surface area contributed by atoms with Gasteiger partial charge in [-0.1, -0.05) is 42.3 Å². The molecular formula is C17H16Cl2FNO2. The SMILES string of the molecule is CC(CNC(=O)COc1ccc(Cl)cc1Cl)c1ccc(F)cc1. The molecule has 1 N–H and O–H groups in total. The van der Waals surface area contributed by atoms with Crippen molar-refractivity contribution in [2.75, 3.05) is 13.2 Å². The summed E-state index contributed by atoms with van der Waals surface area (Å²) in [6.07, 6.45) is 0. The molecule has 1 unspecified atom stereocenters. The maximum atomic E-state index is 12.9. The van der Waals surface area contributed by atoms with Crippen molar-refractivity contribution in [1.29, 1.82) is 0 Å². The van der Waals surface area contributed by atoms with Crippen LogP contribution >= 0.6 is 23.2 Å². The number of nitrogens with one attached hydrogen (secondary N) is 1. The Kier molecular flexibility index (Phi) is 6.25. The number of ether oxygens (including phenoxy) is 1. The fourth-order valence-corrected chi connectivity index (χ4v) is 2.43. The Bertz CT molecular complexity index is 677. The molecule has 1 amide bonds. The van der Waals surface area contributed by atoms with Crippen molar-refractivity contribution in [3.8, 4) is 5.75 Å². The molecule has 0 saturated carbocycles. The fourth-order valence-electron chi connectivity index (χ4n) is 1.96. The molecule has 0 radical (unpaired) electrons. The Labute approximate surface area is 144 Å². The first-order valence-electron chi connectivity index (χ1n) is 7.05. The highest BCUT2D eigenvalue weighted by Gasteiger charge is 2.10. The lowest BCUT2D eigenvalue weighted by Crippen LogP contribution is -2.31. The Morgan fingerprint density at radius 2 is 1.91 bits per heavy atom. The highest BCUT2D eigenvalue weighted by Crippen LogP contribution is 2.27. The van der Waals surface area contributed by atoms with E-state index >= 15 is 0 Å². The van der Waals surface area contributed by atoms with Crippen LogP contribution in [0.3, 0.4) is 0 Å². The number of carbonyl (C=O) groups is 1. The number of halogens is 3. The summed E-state index contributed by atoms with van der Waals surface area (Å²) < 4.78 is 18.2. The summed E-state index contributed by atoms with van der Waals surface area (Å²) in [5, 5.41) is 3.62. The first-order chi connectivity index (χ1) is 11.0. The second-order valence-electron chi connectivity index (χ2n) is 5.12. The topological polar surface area (TPSA) is 38.3 Å². The number of benzene rings is 2. The summed E-state index contributed by atoms with van der Waals surface area (Å²) in [6.45, 7) is 2.24. The predicted molar refractivity (Wildman–Crippen MR) is 89.8 cm³/mol. The summed E-state index contributed by atoms with van der Waals surface area (Å²) in [7, 11) is 0. The van der Waals surface area contributed by atoms with Crippen LogP contribution in [0.4, 0.5) is 4.39 Å². The molecule has 6 heteroatoms. The van der Waals surface area contributed by atoms with Gasteiger partial charge in [0.15, 0.2) is 6.61 Å². The molecule has 0 fully saturated rings. The average molecular weight is 356 g/mol. The van der Waals surface area contributed by atoms with Gasteiger partial charge in [-0.2, -0.15) is 0 Å². The van der Waals surface area contributed by atoms with E-state index in [2.05, 4.69) is 5.32 Å². The van der Waals surface area contributed by atoms with Gasteiger partial charge in [0.1, 0.15) is 11.6 Å². The minimum atomic E-state index is -0.279. The van der Waals surface area contributed by atoms with Crippen LogP contribution in [-0.4, -0.2) is 19.1 Å². The third kappa shape index (κ3) is 5.41. The second kappa shape index (κ2) is 8.18. The summed E-state index contributed by atoms with van der Waals surface area (Å²) in [5.74, 6) is -0.0697. The average Bonchev–Trinajstić information content (AvgIpc) is 2.52. The third-order valence-corrected chi connectivity index (χ3v) is 3.83. The van der Waals surface area contributed by atoms with Gasteiger partial charge in [-0.05, 0) is 41.8 Å². The highest BCUT2D eigenvalue weighted by molar-refractivity contribution is 6.35. The van der Waals surface area contributed by atoms with Crippen LogP contribution in [-0.2, 0) is 4.79 Å². The monoisotopic (exact) mass is 355 g/mol. The Balaban J connectivity index is 1.79. The van der Waals surface area contributed by atoms with E-state index in [4.69, 9.17) is 27.9 Å². The fraction of sp³-hybridized carbons (Fsp3) is 0.235. The molecule has 2 aromatic carbocycles. The van der Waals surface area contributed by atoms with E-state index in [1.54, 1.807) is 30.3 Å². The lowest BCUT2D eigenvalue weighted by atomic mass is 10.0. The maximum absolute atomic E-state index is 12.9. The van der Waals surface area contributed by atoms with Gasteiger partial charge in [-0.3, -0.25) is 4.79 Å². The molecule has 0 bridgehead atoms. The Morgan fingerprint density at radius 3 is 2.57 bits per heavy atom. The molecule has 3 nitrogen and oxygen atoms in total. The normalized spacial score (nSPS) is 11.8. The van der Waals surface area contributed by atoms with E-state index in [1.807, 2.05) is 6.92 Å². The van der Waals surface area contributed by atoms with Crippen LogP contribution in [0.2, 0.25) is 10.0 Å². The van der Waals surface area contributed by atoms with Crippen molar-refractivity contribution >= 4 is 29.1 Å². The minimum Gasteiger partial charge on any atom is -0.482 e. The van der Waals surface area contributed by atoms with Crippen molar-refractivity contribution in [2.24, 2.45) is 0 Å². The van der Waals surface area contributed by atoms with E-state index < -0.39 is 0 Å². The molecule has 1 atom stereocenters. The maximum Gasteiger partial charge on any atom is 0.257 e. The molecule has 0 aliphatic heterocycles. The van der Waals surface area contributed by atoms with E-state index in [0.29, 0.717) is 22.3 Å². The number of hydrogen-bond donors (Lipinski definition) is 1. The molecule has 2 aromatic rings. The zero-order valence-electron chi connectivity index (χ0n) is 12.5. The summed E-state index contributed by atoms with van der Waals surface area (Å²) >= 11 is 11.8. The van der Waals surface area contributed by atoms with Crippen LogP contribution in [0, 0.1) is 5.82 Å². The summed E-state index contributed by atoms with van der Waals surface area (Å²) in [5.41, 5.74) is 0.952. The molecular weight excluding hydrogens is 340 g/mol. The lowest BCUT2D eigenvalue weighted by molar-refractivity contribution is -0.123. The van der Waals surface area contributed by atoms with E-state index in [0.717, 1.165) is 5.56 Å². The smallest absolute Gasteiger partial charge is 0.257 e. The molecule has 0 aliphatic rings. The quantitative estimate of drug-likeness (QED) is 0.832. The second-order valence-corrected chi connectivity index (χ2v) is 5.96. The standard InChI is InChI=1S/C17H16Cl2FNO2/c1-11(12-2-5-14(20)6-3-12)9-21-17(22)10-23-16-7-4-13(18)8-15(16)19/h2-8,11H,9-10H2,1H3,(H,21,22). The predicted octanol–water partition coefficient (Wildman–Crippen LogP) is 4.43. The first-order valence-corrected chi connectivity index (χ1v) is 7.81. The zero-order valence-corrected chi connectivity index (χ0v) is 14.0. The molecule has 23 heavy (non-hydrogen) atoms. The third-order valence-electron chi connectivity index (χ3n) is 3.30. The van der Waals surface area contributed by atoms with Gasteiger partial charge in [0.05, 0.1) is 5.02 Å². The largest absolute Gasteiger partial charge is 0.482 e. The molecule has 2 rings (SSSR count). The van der Waals surface area contributed by atoms with Gasteiger partial charge < -0.3 is 10.1 Å². The van der Waals surface area contributed by atoms with E-state index in [1.165, 1.54) is 12.1 Å². The molecule has 0 saturated heterocycles. The highest BCUT2D eigenvalue weighted by atomic mass is 35.5. The molecule has 0 aliphatic carbocycles. The van der Waals surface area contributed by atoms with Crippen molar-refractivity contribution in [2.45, 2.75) is 12.8 Å². The Hall–Kier alpha value is -1.78. The first kappa shape index (κ1) is 17.6. The number of rotatable bonds is 6. The van der Waals surface area contributed by atoms with Crippen LogP contribution < -0.4 is 10.1 Å². The van der Waals surface area contributed by atoms with Gasteiger partial charge >= 0.3 is 0 Å². The van der Waals surface area contributed by atoms with E-state index in [-0.39, 0.29) is 24.2 Å². The molecule has 0 aromatic heterocycles. The van der Waals surface area contributed by atoms with Gasteiger partial charge in [0.2, 0.25) is 0 Å².